The lowest BCUT2D eigenvalue weighted by atomic mass is 10.1. The molecular weight excluding hydrogens is 292 g/mol. The van der Waals surface area contributed by atoms with Gasteiger partial charge in [0.2, 0.25) is 0 Å². The molecule has 1 aliphatic heterocycles. The molecule has 1 unspecified atom stereocenters. The van der Waals surface area contributed by atoms with Crippen LogP contribution >= 0.6 is 11.3 Å². The van der Waals surface area contributed by atoms with E-state index in [1.165, 1.54) is 17.0 Å². The van der Waals surface area contributed by atoms with Crippen LogP contribution in [0.2, 0.25) is 0 Å². The molecule has 1 aromatic carbocycles. The summed E-state index contributed by atoms with van der Waals surface area (Å²) in [7, 11) is -3.16. The number of rotatable bonds is 2. The van der Waals surface area contributed by atoms with Crippen LogP contribution in [0.25, 0.3) is 0 Å². The zero-order valence-corrected chi connectivity index (χ0v) is 12.4. The highest BCUT2D eigenvalue weighted by Gasteiger charge is 2.35. The summed E-state index contributed by atoms with van der Waals surface area (Å²) in [6.07, 6.45) is 3.34. The number of hydrogen-bond acceptors (Lipinski definition) is 5. The Hall–Kier alpha value is -1.40. The number of nitrogens with zero attached hydrogens (tertiary/aromatic N) is 1. The molecule has 0 amide bonds. The Morgan fingerprint density at radius 2 is 2.10 bits per heavy atom. The van der Waals surface area contributed by atoms with Gasteiger partial charge in [-0.05, 0) is 30.9 Å². The van der Waals surface area contributed by atoms with Gasteiger partial charge in [0.05, 0.1) is 22.4 Å². The molecule has 0 bridgehead atoms. The highest BCUT2D eigenvalue weighted by Crippen LogP contribution is 2.37. The summed E-state index contributed by atoms with van der Waals surface area (Å²) in [5.41, 5.74) is 2.05. The molecule has 0 spiro atoms. The van der Waals surface area contributed by atoms with E-state index < -0.39 is 9.84 Å². The number of aromatic nitrogens is 1. The lowest BCUT2D eigenvalue weighted by Gasteiger charge is -2.11. The van der Waals surface area contributed by atoms with Crippen LogP contribution in [-0.2, 0) is 22.7 Å². The zero-order valence-electron chi connectivity index (χ0n) is 10.8. The average molecular weight is 306 g/mol. The minimum absolute atomic E-state index is 0.122. The predicted molar refractivity (Wildman–Crippen MR) is 79.0 cm³/mol. The van der Waals surface area contributed by atoms with Gasteiger partial charge in [0.1, 0.15) is 0 Å². The van der Waals surface area contributed by atoms with Gasteiger partial charge in [0, 0.05) is 4.88 Å². The SMILES string of the molecule is O=S1(=O)CC(Nc2nc3c(s2)CCC3)c2ccccc21. The van der Waals surface area contributed by atoms with Gasteiger partial charge < -0.3 is 5.32 Å². The zero-order chi connectivity index (χ0) is 13.7. The molecule has 0 radical (unpaired) electrons. The van der Waals surface area contributed by atoms with Crippen molar-refractivity contribution in [2.24, 2.45) is 0 Å². The van der Waals surface area contributed by atoms with Gasteiger partial charge in [-0.25, -0.2) is 13.4 Å². The van der Waals surface area contributed by atoms with Crippen LogP contribution in [0.15, 0.2) is 29.2 Å². The number of anilines is 1. The molecule has 0 fully saturated rings. The smallest absolute Gasteiger partial charge is 0.183 e. The number of aryl methyl sites for hydroxylation is 2. The summed E-state index contributed by atoms with van der Waals surface area (Å²) in [5.74, 6) is 0.122. The van der Waals surface area contributed by atoms with Crippen molar-refractivity contribution < 1.29 is 8.42 Å². The van der Waals surface area contributed by atoms with Gasteiger partial charge in [-0.3, -0.25) is 0 Å². The first kappa shape index (κ1) is 12.3. The molecule has 4 nitrogen and oxygen atoms in total. The first-order valence-corrected chi connectivity index (χ1v) is 9.17. The second kappa shape index (κ2) is 4.30. The van der Waals surface area contributed by atoms with Gasteiger partial charge >= 0.3 is 0 Å². The fourth-order valence-corrected chi connectivity index (χ4v) is 5.81. The van der Waals surface area contributed by atoms with Crippen molar-refractivity contribution in [2.45, 2.75) is 30.2 Å². The number of nitrogens with one attached hydrogen (secondary N) is 1. The second-order valence-corrected chi connectivity index (χ2v) is 8.34. The molecule has 2 heterocycles. The maximum absolute atomic E-state index is 12.1. The number of thiazole rings is 1. The van der Waals surface area contributed by atoms with Crippen LogP contribution < -0.4 is 5.32 Å². The Bertz CT molecular complexity index is 759. The standard InChI is InChI=1S/C14H14N2O2S2/c17-20(18)8-11(9-4-1-2-7-13(9)20)16-14-15-10-5-3-6-12(10)19-14/h1-2,4,7,11H,3,5-6,8H2,(H,15,16). The molecule has 2 aliphatic rings. The van der Waals surface area contributed by atoms with Crippen LogP contribution in [0.5, 0.6) is 0 Å². The highest BCUT2D eigenvalue weighted by atomic mass is 32.2. The van der Waals surface area contributed by atoms with Crippen molar-refractivity contribution in [3.8, 4) is 0 Å². The summed E-state index contributed by atoms with van der Waals surface area (Å²) < 4.78 is 24.3. The summed E-state index contributed by atoms with van der Waals surface area (Å²) in [6.45, 7) is 0. The fourth-order valence-electron chi connectivity index (χ4n) is 2.97. The van der Waals surface area contributed by atoms with Crippen LogP contribution in [0.1, 0.15) is 28.6 Å². The van der Waals surface area contributed by atoms with Gasteiger partial charge in [-0.2, -0.15) is 0 Å². The Labute approximate surface area is 121 Å². The molecule has 1 atom stereocenters. The predicted octanol–water partition coefficient (Wildman–Crippen LogP) is 2.57. The van der Waals surface area contributed by atoms with E-state index in [1.807, 2.05) is 12.1 Å². The van der Waals surface area contributed by atoms with Crippen LogP contribution in [0, 0.1) is 0 Å². The van der Waals surface area contributed by atoms with Crippen molar-refractivity contribution in [1.29, 1.82) is 0 Å². The minimum Gasteiger partial charge on any atom is -0.354 e. The molecule has 20 heavy (non-hydrogen) atoms. The molecule has 0 saturated carbocycles. The lowest BCUT2D eigenvalue weighted by Crippen LogP contribution is -2.12. The number of hydrogen-bond donors (Lipinski definition) is 1. The van der Waals surface area contributed by atoms with E-state index in [9.17, 15) is 8.42 Å². The maximum Gasteiger partial charge on any atom is 0.183 e. The Balaban J connectivity index is 1.67. The number of benzene rings is 1. The molecular formula is C14H14N2O2S2. The lowest BCUT2D eigenvalue weighted by molar-refractivity contribution is 0.598. The van der Waals surface area contributed by atoms with Crippen molar-refractivity contribution in [3.05, 3.63) is 40.4 Å². The average Bonchev–Trinajstić information content (AvgIpc) is 3.04. The molecule has 6 heteroatoms. The fraction of sp³-hybridized carbons (Fsp3) is 0.357. The Morgan fingerprint density at radius 3 is 2.95 bits per heavy atom. The third kappa shape index (κ3) is 1.86. The summed E-state index contributed by atoms with van der Waals surface area (Å²) in [4.78, 5) is 6.40. The van der Waals surface area contributed by atoms with Crippen LogP contribution in [0.4, 0.5) is 5.13 Å². The summed E-state index contributed by atoms with van der Waals surface area (Å²) in [6, 6.07) is 7.06. The third-order valence-electron chi connectivity index (χ3n) is 3.91. The summed E-state index contributed by atoms with van der Waals surface area (Å²) >= 11 is 1.67. The van der Waals surface area contributed by atoms with Crippen molar-refractivity contribution >= 4 is 26.3 Å². The highest BCUT2D eigenvalue weighted by molar-refractivity contribution is 7.91. The first-order valence-electron chi connectivity index (χ1n) is 6.70. The van der Waals surface area contributed by atoms with Gasteiger partial charge in [0.15, 0.2) is 15.0 Å². The van der Waals surface area contributed by atoms with E-state index in [2.05, 4.69) is 10.3 Å². The molecule has 1 aromatic heterocycles. The van der Waals surface area contributed by atoms with Gasteiger partial charge in [0.25, 0.3) is 0 Å². The van der Waals surface area contributed by atoms with E-state index in [4.69, 9.17) is 0 Å². The van der Waals surface area contributed by atoms with Crippen molar-refractivity contribution in [1.82, 2.24) is 4.98 Å². The van der Waals surface area contributed by atoms with Crippen LogP contribution in [-0.4, -0.2) is 19.2 Å². The number of sulfone groups is 1. The topological polar surface area (TPSA) is 59.1 Å². The van der Waals surface area contributed by atoms with Crippen molar-refractivity contribution in [3.63, 3.8) is 0 Å². The Kier molecular flexibility index (Phi) is 2.65. The van der Waals surface area contributed by atoms with E-state index in [1.54, 1.807) is 23.5 Å². The van der Waals surface area contributed by atoms with Crippen molar-refractivity contribution in [2.75, 3.05) is 11.1 Å². The van der Waals surface area contributed by atoms with E-state index in [0.717, 1.165) is 23.5 Å². The van der Waals surface area contributed by atoms with Crippen LogP contribution in [0.3, 0.4) is 0 Å². The molecule has 1 N–H and O–H groups in total. The van der Waals surface area contributed by atoms with E-state index in [0.29, 0.717) is 4.90 Å². The van der Waals surface area contributed by atoms with E-state index in [-0.39, 0.29) is 11.8 Å². The molecule has 4 rings (SSSR count). The largest absolute Gasteiger partial charge is 0.354 e. The van der Waals surface area contributed by atoms with Gasteiger partial charge in [-0.15, -0.1) is 11.3 Å². The molecule has 1 aliphatic carbocycles. The maximum atomic E-state index is 12.1. The van der Waals surface area contributed by atoms with E-state index >= 15 is 0 Å². The Morgan fingerprint density at radius 1 is 1.25 bits per heavy atom. The van der Waals surface area contributed by atoms with Gasteiger partial charge in [-0.1, -0.05) is 18.2 Å². The molecule has 104 valence electrons. The third-order valence-corrected chi connectivity index (χ3v) is 6.81. The monoisotopic (exact) mass is 306 g/mol. The first-order chi connectivity index (χ1) is 9.63. The second-order valence-electron chi connectivity index (χ2n) is 5.26. The normalized spacial score (nSPS) is 22.5. The summed E-state index contributed by atoms with van der Waals surface area (Å²) in [5, 5.41) is 4.16. The molecule has 2 aromatic rings. The minimum atomic E-state index is -3.16. The quantitative estimate of drug-likeness (QED) is 0.926. The molecule has 0 saturated heterocycles. The number of fused-ring (bicyclic) bond motifs is 2.